The van der Waals surface area contributed by atoms with E-state index in [9.17, 15) is 9.59 Å². The molecule has 0 unspecified atom stereocenters. The van der Waals surface area contributed by atoms with E-state index >= 15 is 0 Å². The highest BCUT2D eigenvalue weighted by molar-refractivity contribution is 6.04. The Morgan fingerprint density at radius 1 is 1.09 bits per heavy atom. The van der Waals surface area contributed by atoms with Gasteiger partial charge >= 0.3 is 6.03 Å². The maximum atomic E-state index is 12.9. The fraction of sp³-hybridized carbons (Fsp3) is 0.440. The first-order valence-corrected chi connectivity index (χ1v) is 11.4. The van der Waals surface area contributed by atoms with Crippen LogP contribution >= 0.6 is 0 Å². The molecule has 1 aliphatic rings. The van der Waals surface area contributed by atoms with Gasteiger partial charge in [0.05, 0.1) is 17.9 Å². The Balaban J connectivity index is 1.79. The average Bonchev–Trinajstić information content (AvgIpc) is 2.75. The van der Waals surface area contributed by atoms with Crippen molar-refractivity contribution in [3.8, 4) is 5.75 Å². The van der Waals surface area contributed by atoms with E-state index in [0.717, 1.165) is 31.6 Å². The summed E-state index contributed by atoms with van der Waals surface area (Å²) in [6.07, 6.45) is 2.21. The topological polar surface area (TPSA) is 82.7 Å². The molecule has 3 rings (SSSR count). The minimum absolute atomic E-state index is 0.0201. The highest BCUT2D eigenvalue weighted by Crippen LogP contribution is 2.29. The van der Waals surface area contributed by atoms with Gasteiger partial charge in [-0.2, -0.15) is 0 Å². The van der Waals surface area contributed by atoms with Crippen LogP contribution < -0.4 is 25.6 Å². The quantitative estimate of drug-likeness (QED) is 0.561. The molecule has 7 nitrogen and oxygen atoms in total. The number of hydrogen-bond donors (Lipinski definition) is 3. The van der Waals surface area contributed by atoms with Crippen LogP contribution in [-0.2, 0) is 0 Å². The van der Waals surface area contributed by atoms with Crippen molar-refractivity contribution < 1.29 is 14.3 Å². The Bertz CT molecular complexity index is 937. The Morgan fingerprint density at radius 2 is 1.81 bits per heavy atom. The van der Waals surface area contributed by atoms with E-state index in [4.69, 9.17) is 4.74 Å². The minimum atomic E-state index is -0.396. The van der Waals surface area contributed by atoms with Gasteiger partial charge in [-0.3, -0.25) is 4.79 Å². The number of carbonyl (C=O) groups is 2. The molecule has 2 aromatic rings. The molecule has 1 saturated heterocycles. The molecule has 0 aliphatic carbocycles. The summed E-state index contributed by atoms with van der Waals surface area (Å²) in [7, 11) is 0. The van der Waals surface area contributed by atoms with Crippen LogP contribution in [0.2, 0.25) is 0 Å². The second-order valence-corrected chi connectivity index (χ2v) is 8.54. The average molecular weight is 439 g/mol. The van der Waals surface area contributed by atoms with Gasteiger partial charge in [-0.05, 0) is 69.9 Å². The zero-order valence-corrected chi connectivity index (χ0v) is 19.4. The van der Waals surface area contributed by atoms with E-state index in [-0.39, 0.29) is 11.9 Å². The van der Waals surface area contributed by atoms with Gasteiger partial charge in [0, 0.05) is 30.5 Å². The summed E-state index contributed by atoms with van der Waals surface area (Å²) in [4.78, 5) is 27.8. The van der Waals surface area contributed by atoms with Gasteiger partial charge in [0.25, 0.3) is 5.91 Å². The number of urea groups is 1. The number of nitrogens with one attached hydrogen (secondary N) is 3. The first-order valence-electron chi connectivity index (χ1n) is 11.4. The van der Waals surface area contributed by atoms with Crippen LogP contribution in [-0.4, -0.2) is 37.7 Å². The lowest BCUT2D eigenvalue weighted by Gasteiger charge is -2.33. The molecule has 0 aromatic heterocycles. The monoisotopic (exact) mass is 438 g/mol. The molecule has 3 N–H and O–H groups in total. The van der Waals surface area contributed by atoms with E-state index in [1.54, 1.807) is 12.1 Å². The number of amides is 3. The third kappa shape index (κ3) is 6.15. The van der Waals surface area contributed by atoms with Gasteiger partial charge in [-0.15, -0.1) is 0 Å². The van der Waals surface area contributed by atoms with Crippen LogP contribution in [0, 0.1) is 5.92 Å². The standard InChI is InChI=1S/C25H34N4O3/c1-5-32-23-9-7-6-8-21(23)28-25(31)27-19-10-11-22(29-14-12-18(4)13-15-29)20(16-19)24(30)26-17(2)3/h6-11,16-18H,5,12-15H2,1-4H3,(H,26,30)(H2,27,28,31). The summed E-state index contributed by atoms with van der Waals surface area (Å²) in [6.45, 7) is 10.4. The number of ether oxygens (including phenoxy) is 1. The molecule has 1 fully saturated rings. The maximum absolute atomic E-state index is 12.9. The third-order valence-electron chi connectivity index (χ3n) is 5.48. The number of benzene rings is 2. The predicted octanol–water partition coefficient (Wildman–Crippen LogP) is 5.10. The molecule has 2 aromatic carbocycles. The highest BCUT2D eigenvalue weighted by atomic mass is 16.5. The number of hydrogen-bond acceptors (Lipinski definition) is 4. The zero-order chi connectivity index (χ0) is 23.1. The molecule has 0 saturated carbocycles. The Hall–Kier alpha value is -3.22. The minimum Gasteiger partial charge on any atom is -0.492 e. The molecular weight excluding hydrogens is 404 g/mol. The van der Waals surface area contributed by atoms with Crippen LogP contribution in [0.25, 0.3) is 0 Å². The first-order chi connectivity index (χ1) is 15.4. The molecule has 1 aliphatic heterocycles. The second kappa shape index (κ2) is 10.9. The van der Waals surface area contributed by atoms with E-state index in [2.05, 4.69) is 27.8 Å². The fourth-order valence-electron chi connectivity index (χ4n) is 3.80. The van der Waals surface area contributed by atoms with Crippen molar-refractivity contribution in [1.82, 2.24) is 5.32 Å². The van der Waals surface area contributed by atoms with Crippen molar-refractivity contribution in [2.24, 2.45) is 5.92 Å². The SMILES string of the molecule is CCOc1ccccc1NC(=O)Nc1ccc(N2CCC(C)CC2)c(C(=O)NC(C)C)c1. The molecule has 1 heterocycles. The molecule has 0 radical (unpaired) electrons. The molecule has 0 spiro atoms. The van der Waals surface area contributed by atoms with Crippen molar-refractivity contribution in [1.29, 1.82) is 0 Å². The highest BCUT2D eigenvalue weighted by Gasteiger charge is 2.22. The maximum Gasteiger partial charge on any atom is 0.323 e. The smallest absolute Gasteiger partial charge is 0.323 e. The lowest BCUT2D eigenvalue weighted by molar-refractivity contribution is 0.0943. The van der Waals surface area contributed by atoms with Gasteiger partial charge in [0.2, 0.25) is 0 Å². The Labute approximate surface area is 190 Å². The van der Waals surface area contributed by atoms with E-state index in [0.29, 0.717) is 35.2 Å². The van der Waals surface area contributed by atoms with Crippen LogP contribution in [0.15, 0.2) is 42.5 Å². The summed E-state index contributed by atoms with van der Waals surface area (Å²) in [5, 5.41) is 8.64. The summed E-state index contributed by atoms with van der Waals surface area (Å²) < 4.78 is 5.57. The Kier molecular flexibility index (Phi) is 7.98. The van der Waals surface area contributed by atoms with Gasteiger partial charge in [-0.1, -0.05) is 19.1 Å². The largest absolute Gasteiger partial charge is 0.492 e. The van der Waals surface area contributed by atoms with Crippen LogP contribution in [0.5, 0.6) is 5.75 Å². The first kappa shape index (κ1) is 23.4. The normalized spacial score (nSPS) is 14.2. The summed E-state index contributed by atoms with van der Waals surface area (Å²) in [5.41, 5.74) is 2.62. The van der Waals surface area contributed by atoms with Gasteiger partial charge < -0.3 is 25.6 Å². The molecule has 0 atom stereocenters. The number of piperidine rings is 1. The van der Waals surface area contributed by atoms with Crippen molar-refractivity contribution in [3.63, 3.8) is 0 Å². The number of para-hydroxylation sites is 2. The number of carbonyl (C=O) groups excluding carboxylic acids is 2. The van der Waals surface area contributed by atoms with Gasteiger partial charge in [0.1, 0.15) is 5.75 Å². The molecule has 7 heteroatoms. The van der Waals surface area contributed by atoms with Crippen molar-refractivity contribution in [3.05, 3.63) is 48.0 Å². The van der Waals surface area contributed by atoms with Crippen molar-refractivity contribution >= 4 is 29.0 Å². The lowest BCUT2D eigenvalue weighted by atomic mass is 9.97. The number of rotatable bonds is 7. The molecule has 0 bridgehead atoms. The molecule has 172 valence electrons. The van der Waals surface area contributed by atoms with Crippen LogP contribution in [0.4, 0.5) is 21.9 Å². The molecular formula is C25H34N4O3. The summed E-state index contributed by atoms with van der Waals surface area (Å²) >= 11 is 0. The van der Waals surface area contributed by atoms with Crippen molar-refractivity contribution in [2.45, 2.75) is 46.6 Å². The summed E-state index contributed by atoms with van der Waals surface area (Å²) in [5.74, 6) is 1.17. The van der Waals surface area contributed by atoms with Gasteiger partial charge in [0.15, 0.2) is 0 Å². The Morgan fingerprint density at radius 3 is 2.50 bits per heavy atom. The fourth-order valence-corrected chi connectivity index (χ4v) is 3.80. The van der Waals surface area contributed by atoms with Gasteiger partial charge in [-0.25, -0.2) is 4.79 Å². The number of nitrogens with zero attached hydrogens (tertiary/aromatic N) is 1. The zero-order valence-electron chi connectivity index (χ0n) is 19.4. The van der Waals surface area contributed by atoms with E-state index in [1.807, 2.05) is 51.1 Å². The lowest BCUT2D eigenvalue weighted by Crippen LogP contribution is -2.36. The van der Waals surface area contributed by atoms with Crippen LogP contribution in [0.3, 0.4) is 0 Å². The number of anilines is 3. The van der Waals surface area contributed by atoms with E-state index in [1.165, 1.54) is 0 Å². The molecule has 3 amide bonds. The van der Waals surface area contributed by atoms with Crippen LogP contribution in [0.1, 0.15) is 50.9 Å². The van der Waals surface area contributed by atoms with E-state index < -0.39 is 6.03 Å². The molecule has 32 heavy (non-hydrogen) atoms. The second-order valence-electron chi connectivity index (χ2n) is 8.54. The predicted molar refractivity (Wildman–Crippen MR) is 130 cm³/mol. The third-order valence-corrected chi connectivity index (χ3v) is 5.48. The summed E-state index contributed by atoms with van der Waals surface area (Å²) in [6, 6.07) is 12.4. The van der Waals surface area contributed by atoms with Crippen molar-refractivity contribution in [2.75, 3.05) is 35.2 Å².